The summed E-state index contributed by atoms with van der Waals surface area (Å²) in [4.78, 5) is 22.5. The maximum absolute atomic E-state index is 15.6. The van der Waals surface area contributed by atoms with Gasteiger partial charge in [0.15, 0.2) is 0 Å². The van der Waals surface area contributed by atoms with Crippen LogP contribution in [0.4, 0.5) is 20.7 Å². The number of ether oxygens (including phenoxy) is 1. The van der Waals surface area contributed by atoms with E-state index in [0.717, 1.165) is 0 Å². The van der Waals surface area contributed by atoms with Crippen LogP contribution in [0.25, 0.3) is 22.2 Å². The van der Waals surface area contributed by atoms with Gasteiger partial charge in [0.1, 0.15) is 29.2 Å². The van der Waals surface area contributed by atoms with Crippen LogP contribution in [0, 0.1) is 5.82 Å². The van der Waals surface area contributed by atoms with Crippen molar-refractivity contribution in [3.8, 4) is 11.1 Å². The average molecular weight is 411 g/mol. The van der Waals surface area contributed by atoms with Gasteiger partial charge in [-0.25, -0.2) is 19.2 Å². The monoisotopic (exact) mass is 411 g/mol. The third-order valence-corrected chi connectivity index (χ3v) is 5.19. The zero-order valence-corrected chi connectivity index (χ0v) is 17.9. The Bertz CT molecular complexity index is 1150. The Balaban J connectivity index is 1.82. The number of nitrogens with zero attached hydrogens (tertiary/aromatic N) is 4. The Morgan fingerprint density at radius 2 is 1.97 bits per heavy atom. The molecule has 0 bridgehead atoms. The number of benzene rings is 1. The number of nitrogens with two attached hydrogens (primary N) is 1. The predicted octanol–water partition coefficient (Wildman–Crippen LogP) is 4.70. The molecular formula is C22H26FN5O2. The summed E-state index contributed by atoms with van der Waals surface area (Å²) < 4.78 is 23.1. The number of fused-ring (bicyclic) bond motifs is 2. The van der Waals surface area contributed by atoms with E-state index in [9.17, 15) is 4.79 Å². The van der Waals surface area contributed by atoms with Crippen molar-refractivity contribution in [2.45, 2.75) is 52.7 Å². The third kappa shape index (κ3) is 3.26. The lowest BCUT2D eigenvalue weighted by molar-refractivity contribution is 0.0584. The molecule has 0 spiro atoms. The predicted molar refractivity (Wildman–Crippen MR) is 115 cm³/mol. The Morgan fingerprint density at radius 1 is 1.23 bits per heavy atom. The first kappa shape index (κ1) is 20.1. The van der Waals surface area contributed by atoms with Crippen molar-refractivity contribution in [1.82, 2.24) is 14.5 Å². The van der Waals surface area contributed by atoms with Gasteiger partial charge in [-0.15, -0.1) is 0 Å². The second-order valence-electron chi connectivity index (χ2n) is 8.81. The highest BCUT2D eigenvalue weighted by molar-refractivity contribution is 6.01. The molecule has 3 aromatic rings. The highest BCUT2D eigenvalue weighted by atomic mass is 19.1. The molecule has 0 saturated heterocycles. The van der Waals surface area contributed by atoms with Crippen LogP contribution in [0.15, 0.2) is 24.7 Å². The summed E-state index contributed by atoms with van der Waals surface area (Å²) in [6.45, 7) is 9.86. The van der Waals surface area contributed by atoms with E-state index in [-0.39, 0.29) is 11.9 Å². The molecule has 3 heterocycles. The largest absolute Gasteiger partial charge is 0.443 e. The van der Waals surface area contributed by atoms with Gasteiger partial charge in [0.25, 0.3) is 0 Å². The lowest BCUT2D eigenvalue weighted by atomic mass is 10.0. The van der Waals surface area contributed by atoms with Gasteiger partial charge in [-0.1, -0.05) is 0 Å². The molecule has 0 radical (unpaired) electrons. The number of hydrogen-bond donors (Lipinski definition) is 1. The van der Waals surface area contributed by atoms with Crippen molar-refractivity contribution < 1.29 is 13.9 Å². The minimum Gasteiger partial charge on any atom is -0.443 e. The number of halogens is 1. The number of anilines is 2. The molecule has 1 amide bonds. The Kier molecular flexibility index (Phi) is 4.67. The summed E-state index contributed by atoms with van der Waals surface area (Å²) in [6, 6.07) is 3.57. The Morgan fingerprint density at radius 3 is 2.63 bits per heavy atom. The highest BCUT2D eigenvalue weighted by Gasteiger charge is 2.32. The molecule has 158 valence electrons. The molecule has 2 N–H and O–H groups in total. The Labute approximate surface area is 174 Å². The fourth-order valence-electron chi connectivity index (χ4n) is 3.87. The fraction of sp³-hybridized carbons (Fsp3) is 0.409. The van der Waals surface area contributed by atoms with Crippen molar-refractivity contribution in [3.05, 3.63) is 36.0 Å². The normalized spacial score (nSPS) is 13.9. The van der Waals surface area contributed by atoms with Gasteiger partial charge in [0.2, 0.25) is 0 Å². The van der Waals surface area contributed by atoms with Gasteiger partial charge in [-0.05, 0) is 53.2 Å². The second kappa shape index (κ2) is 6.97. The Hall–Kier alpha value is -3.16. The van der Waals surface area contributed by atoms with Gasteiger partial charge in [-0.3, -0.25) is 4.90 Å². The molecule has 0 aliphatic carbocycles. The zero-order valence-electron chi connectivity index (χ0n) is 17.9. The van der Waals surface area contributed by atoms with Crippen molar-refractivity contribution >= 4 is 28.6 Å². The van der Waals surface area contributed by atoms with E-state index in [1.165, 1.54) is 11.2 Å². The molecule has 0 fully saturated rings. The molecule has 1 aliphatic heterocycles. The molecule has 0 saturated carbocycles. The van der Waals surface area contributed by atoms with Crippen LogP contribution < -0.4 is 10.6 Å². The molecule has 4 rings (SSSR count). The molecule has 8 heteroatoms. The van der Waals surface area contributed by atoms with Gasteiger partial charge in [-0.2, -0.15) is 0 Å². The van der Waals surface area contributed by atoms with E-state index in [1.54, 1.807) is 12.1 Å². The lowest BCUT2D eigenvalue weighted by Gasteiger charge is -2.24. The van der Waals surface area contributed by atoms with Crippen LogP contribution in [-0.4, -0.2) is 32.8 Å². The second-order valence-corrected chi connectivity index (χ2v) is 8.81. The number of carbonyl (C=O) groups is 1. The number of rotatable bonds is 2. The molecule has 7 nitrogen and oxygen atoms in total. The SMILES string of the molecule is CC(C)n1cc(-c2ccc3c(c2F)CCN3C(=O)OC(C)(C)C)c2c(N)ncnc21. The van der Waals surface area contributed by atoms with Crippen molar-refractivity contribution in [3.63, 3.8) is 0 Å². The van der Waals surface area contributed by atoms with Gasteiger partial charge in [0.05, 0.1) is 11.1 Å². The van der Waals surface area contributed by atoms with E-state index >= 15 is 4.39 Å². The quantitative estimate of drug-likeness (QED) is 0.661. The van der Waals surface area contributed by atoms with Crippen molar-refractivity contribution in [2.75, 3.05) is 17.2 Å². The molecule has 1 aliphatic rings. The van der Waals surface area contributed by atoms with E-state index in [4.69, 9.17) is 10.5 Å². The maximum Gasteiger partial charge on any atom is 0.414 e. The first-order valence-electron chi connectivity index (χ1n) is 10.0. The summed E-state index contributed by atoms with van der Waals surface area (Å²) in [5.41, 5.74) is 8.30. The molecule has 2 aromatic heterocycles. The smallest absolute Gasteiger partial charge is 0.414 e. The third-order valence-electron chi connectivity index (χ3n) is 5.19. The summed E-state index contributed by atoms with van der Waals surface area (Å²) in [5.74, 6) is -0.0469. The van der Waals surface area contributed by atoms with E-state index in [1.807, 2.05) is 45.4 Å². The maximum atomic E-state index is 15.6. The number of aromatic nitrogens is 3. The van der Waals surface area contributed by atoms with Crippen LogP contribution >= 0.6 is 0 Å². The van der Waals surface area contributed by atoms with Crippen LogP contribution in [0.3, 0.4) is 0 Å². The van der Waals surface area contributed by atoms with Gasteiger partial charge < -0.3 is 15.0 Å². The first-order valence-corrected chi connectivity index (χ1v) is 10.0. The van der Waals surface area contributed by atoms with E-state index in [0.29, 0.717) is 52.2 Å². The minimum atomic E-state index is -0.617. The highest BCUT2D eigenvalue weighted by Crippen LogP contribution is 2.40. The van der Waals surface area contributed by atoms with Crippen LogP contribution in [-0.2, 0) is 11.2 Å². The zero-order chi connectivity index (χ0) is 21.8. The number of hydrogen-bond acceptors (Lipinski definition) is 5. The van der Waals surface area contributed by atoms with E-state index < -0.39 is 11.7 Å². The molecule has 0 atom stereocenters. The van der Waals surface area contributed by atoms with Crippen molar-refractivity contribution in [1.29, 1.82) is 0 Å². The topological polar surface area (TPSA) is 86.3 Å². The van der Waals surface area contributed by atoms with Gasteiger partial charge in [0, 0.05) is 35.5 Å². The number of amides is 1. The number of carbonyl (C=O) groups excluding carboxylic acids is 1. The van der Waals surface area contributed by atoms with E-state index in [2.05, 4.69) is 9.97 Å². The first-order chi connectivity index (χ1) is 14.1. The average Bonchev–Trinajstić information content (AvgIpc) is 3.24. The van der Waals surface area contributed by atoms with Crippen LogP contribution in [0.5, 0.6) is 0 Å². The fourth-order valence-corrected chi connectivity index (χ4v) is 3.87. The summed E-state index contributed by atoms with van der Waals surface area (Å²) >= 11 is 0. The summed E-state index contributed by atoms with van der Waals surface area (Å²) in [6.07, 6.45) is 3.23. The van der Waals surface area contributed by atoms with Crippen LogP contribution in [0.1, 0.15) is 46.2 Å². The summed E-state index contributed by atoms with van der Waals surface area (Å²) in [5, 5.41) is 0.632. The standard InChI is InChI=1S/C22H26FN5O2/c1-12(2)28-10-15(17-19(24)25-11-26-20(17)28)13-6-7-16-14(18(13)23)8-9-27(16)21(29)30-22(3,4)5/h6-7,10-12H,8-9H2,1-5H3,(H2,24,25,26). The molecule has 0 unspecified atom stereocenters. The van der Waals surface area contributed by atoms with Gasteiger partial charge >= 0.3 is 6.09 Å². The summed E-state index contributed by atoms with van der Waals surface area (Å²) in [7, 11) is 0. The molecule has 1 aromatic carbocycles. The van der Waals surface area contributed by atoms with Crippen molar-refractivity contribution in [2.24, 2.45) is 0 Å². The minimum absolute atomic E-state index is 0.121. The van der Waals surface area contributed by atoms with Crippen LogP contribution in [0.2, 0.25) is 0 Å². The molecule has 30 heavy (non-hydrogen) atoms. The lowest BCUT2D eigenvalue weighted by Crippen LogP contribution is -2.35. The number of nitrogen functional groups attached to an aromatic ring is 1. The molecular weight excluding hydrogens is 385 g/mol.